The maximum atomic E-state index is 13.9. The number of methoxy groups -OCH3 is 1. The predicted octanol–water partition coefficient (Wildman–Crippen LogP) is 4.08. The number of aromatic nitrogens is 1. The van der Waals surface area contributed by atoms with Crippen LogP contribution in [0.1, 0.15) is 5.56 Å². The van der Waals surface area contributed by atoms with Crippen molar-refractivity contribution in [2.75, 3.05) is 7.11 Å². The van der Waals surface area contributed by atoms with E-state index in [-0.39, 0.29) is 24.0 Å². The second-order valence-corrected chi connectivity index (χ2v) is 5.13. The van der Waals surface area contributed by atoms with Crippen molar-refractivity contribution in [2.24, 2.45) is 4.99 Å². The molecule has 1 aromatic heterocycles. The van der Waals surface area contributed by atoms with Crippen LogP contribution < -0.4 is 0 Å². The van der Waals surface area contributed by atoms with E-state index in [1.807, 2.05) is 0 Å². The number of nitrogens with zero attached hydrogens (tertiary/aromatic N) is 2. The van der Waals surface area contributed by atoms with Gasteiger partial charge < -0.3 is 9.15 Å². The molecule has 0 fully saturated rings. The molecule has 2 aromatic carbocycles. The van der Waals surface area contributed by atoms with E-state index in [1.54, 1.807) is 24.3 Å². The van der Waals surface area contributed by atoms with E-state index in [0.717, 1.165) is 5.56 Å². The molecule has 0 aliphatic carbocycles. The van der Waals surface area contributed by atoms with Gasteiger partial charge in [-0.05, 0) is 48.1 Å². The fourth-order valence-corrected chi connectivity index (χ4v) is 2.32. The number of halogens is 1. The lowest BCUT2D eigenvalue weighted by Crippen LogP contribution is -2.04. The predicted molar refractivity (Wildman–Crippen MR) is 89.8 cm³/mol. The van der Waals surface area contributed by atoms with Crippen molar-refractivity contribution in [3.63, 3.8) is 0 Å². The molecule has 0 aliphatic heterocycles. The van der Waals surface area contributed by atoms with Crippen LogP contribution in [0.3, 0.4) is 0 Å². The zero-order valence-electron chi connectivity index (χ0n) is 12.6. The van der Waals surface area contributed by atoms with Gasteiger partial charge in [-0.2, -0.15) is 4.99 Å². The van der Waals surface area contributed by atoms with Crippen LogP contribution in [0.15, 0.2) is 45.8 Å². The van der Waals surface area contributed by atoms with Crippen molar-refractivity contribution in [3.8, 4) is 11.5 Å². The van der Waals surface area contributed by atoms with Crippen molar-refractivity contribution >= 4 is 40.1 Å². The van der Waals surface area contributed by atoms with E-state index in [4.69, 9.17) is 4.42 Å². The quantitative estimate of drug-likeness (QED) is 0.406. The van der Waals surface area contributed by atoms with Crippen LogP contribution in [0.2, 0.25) is 0 Å². The van der Waals surface area contributed by atoms with E-state index >= 15 is 0 Å². The highest BCUT2D eigenvalue weighted by molar-refractivity contribution is 7.78. The Morgan fingerprint density at radius 2 is 2.21 bits per heavy atom. The van der Waals surface area contributed by atoms with Gasteiger partial charge in [0.25, 0.3) is 0 Å². The summed E-state index contributed by atoms with van der Waals surface area (Å²) in [5.74, 6) is -0.606. The summed E-state index contributed by atoms with van der Waals surface area (Å²) in [4.78, 5) is 19.3. The Bertz CT molecular complexity index is 977. The van der Waals surface area contributed by atoms with Gasteiger partial charge in [-0.25, -0.2) is 9.37 Å². The monoisotopic (exact) mass is 342 g/mol. The third-order valence-corrected chi connectivity index (χ3v) is 3.48. The molecule has 0 radical (unpaired) electrons. The topological polar surface area (TPSA) is 64.7 Å². The van der Waals surface area contributed by atoms with E-state index in [2.05, 4.69) is 32.1 Å². The molecule has 0 saturated carbocycles. The van der Waals surface area contributed by atoms with Gasteiger partial charge in [0.05, 0.1) is 18.7 Å². The first-order valence-electron chi connectivity index (χ1n) is 6.95. The van der Waals surface area contributed by atoms with Crippen LogP contribution in [0.4, 0.5) is 10.1 Å². The molecule has 3 aromatic rings. The normalized spacial score (nSPS) is 10.4. The number of ether oxygens (including phenoxy) is 1. The number of hydrogen-bond donors (Lipinski definition) is 0. The van der Waals surface area contributed by atoms with Crippen LogP contribution in [0, 0.1) is 5.82 Å². The number of oxazole rings is 1. The number of hydrogen-bond acceptors (Lipinski definition) is 6. The van der Waals surface area contributed by atoms with Gasteiger partial charge in [0, 0.05) is 5.56 Å². The Labute approximate surface area is 141 Å². The summed E-state index contributed by atoms with van der Waals surface area (Å²) in [5, 5.41) is 2.12. The number of esters is 1. The Kier molecular flexibility index (Phi) is 4.46. The second kappa shape index (κ2) is 6.70. The van der Waals surface area contributed by atoms with Crippen molar-refractivity contribution in [1.82, 2.24) is 4.98 Å². The zero-order valence-corrected chi connectivity index (χ0v) is 13.4. The first-order chi connectivity index (χ1) is 11.6. The summed E-state index contributed by atoms with van der Waals surface area (Å²) in [6, 6.07) is 9.58. The number of isothiocyanates is 1. The lowest BCUT2D eigenvalue weighted by atomic mass is 10.1. The van der Waals surface area contributed by atoms with Gasteiger partial charge in [0.1, 0.15) is 17.0 Å². The lowest BCUT2D eigenvalue weighted by Gasteiger charge is -1.98. The van der Waals surface area contributed by atoms with Gasteiger partial charge in [-0.1, -0.05) is 6.07 Å². The number of thiocarbonyl (C=S) groups is 1. The maximum absolute atomic E-state index is 13.9. The molecular formula is C17H11FN2O3S. The van der Waals surface area contributed by atoms with Crippen LogP contribution in [-0.2, 0) is 16.0 Å². The second-order valence-electron chi connectivity index (χ2n) is 4.94. The summed E-state index contributed by atoms with van der Waals surface area (Å²) in [7, 11) is 1.33. The van der Waals surface area contributed by atoms with Crippen LogP contribution in [0.25, 0.3) is 22.6 Å². The molecule has 120 valence electrons. The molecule has 0 aliphatic rings. The van der Waals surface area contributed by atoms with Gasteiger partial charge in [-0.3, -0.25) is 4.79 Å². The highest BCUT2D eigenvalue weighted by Gasteiger charge is 2.12. The van der Waals surface area contributed by atoms with Crippen LogP contribution >= 0.6 is 12.2 Å². The fourth-order valence-electron chi connectivity index (χ4n) is 2.23. The number of carbonyl (C=O) groups is 1. The molecule has 1 heterocycles. The molecule has 0 bridgehead atoms. The third-order valence-electron chi connectivity index (χ3n) is 3.39. The summed E-state index contributed by atoms with van der Waals surface area (Å²) < 4.78 is 24.2. The third kappa shape index (κ3) is 3.22. The minimum atomic E-state index is -0.543. The Hall–Kier alpha value is -2.89. The van der Waals surface area contributed by atoms with Gasteiger partial charge in [-0.15, -0.1) is 0 Å². The van der Waals surface area contributed by atoms with E-state index in [0.29, 0.717) is 16.7 Å². The van der Waals surface area contributed by atoms with Crippen molar-refractivity contribution in [2.45, 2.75) is 6.42 Å². The molecule has 0 spiro atoms. The number of carbonyl (C=O) groups excluding carboxylic acids is 1. The van der Waals surface area contributed by atoms with Gasteiger partial charge in [0.2, 0.25) is 5.89 Å². The minimum absolute atomic E-state index is 0.102. The lowest BCUT2D eigenvalue weighted by molar-refractivity contribution is -0.139. The molecule has 24 heavy (non-hydrogen) atoms. The number of aliphatic imine (C=N–C) groups is 1. The van der Waals surface area contributed by atoms with E-state index < -0.39 is 5.82 Å². The standard InChI is InChI=1S/C17H11FN2O3S/c1-22-16(21)7-10-2-5-15-14(6-10)20-17(23-15)11-3-4-13(19-9-24)12(18)8-11/h2-6,8H,7H2,1H3. The first kappa shape index (κ1) is 16.0. The molecule has 3 rings (SSSR count). The molecule has 7 heteroatoms. The fraction of sp³-hybridized carbons (Fsp3) is 0.118. The number of fused-ring (bicyclic) bond motifs is 1. The minimum Gasteiger partial charge on any atom is -0.469 e. The van der Waals surface area contributed by atoms with Gasteiger partial charge >= 0.3 is 5.97 Å². The molecule has 0 saturated heterocycles. The molecule has 0 atom stereocenters. The van der Waals surface area contributed by atoms with Crippen molar-refractivity contribution in [1.29, 1.82) is 0 Å². The smallest absolute Gasteiger partial charge is 0.309 e. The Balaban J connectivity index is 1.97. The average Bonchev–Trinajstić information content (AvgIpc) is 3.00. The largest absolute Gasteiger partial charge is 0.469 e. The molecule has 5 nitrogen and oxygen atoms in total. The van der Waals surface area contributed by atoms with Crippen LogP contribution in [-0.4, -0.2) is 23.2 Å². The van der Waals surface area contributed by atoms with E-state index in [1.165, 1.54) is 19.2 Å². The zero-order chi connectivity index (χ0) is 17.1. The number of rotatable bonds is 4. The molecule has 0 N–H and O–H groups in total. The SMILES string of the molecule is COC(=O)Cc1ccc2oc(-c3ccc(N=C=S)c(F)c3)nc2c1. The summed E-state index contributed by atoms with van der Waals surface area (Å²) in [5.41, 5.74) is 2.45. The first-order valence-corrected chi connectivity index (χ1v) is 7.35. The van der Waals surface area contributed by atoms with Crippen molar-refractivity contribution < 1.29 is 18.3 Å². The maximum Gasteiger partial charge on any atom is 0.309 e. The van der Waals surface area contributed by atoms with Gasteiger partial charge in [0.15, 0.2) is 5.58 Å². The average molecular weight is 342 g/mol. The Morgan fingerprint density at radius 3 is 2.92 bits per heavy atom. The highest BCUT2D eigenvalue weighted by atomic mass is 32.1. The van der Waals surface area contributed by atoms with E-state index in [9.17, 15) is 9.18 Å². The highest BCUT2D eigenvalue weighted by Crippen LogP contribution is 2.28. The summed E-state index contributed by atoms with van der Waals surface area (Å²) >= 11 is 4.47. The molecule has 0 amide bonds. The summed E-state index contributed by atoms with van der Waals surface area (Å²) in [6.45, 7) is 0. The van der Waals surface area contributed by atoms with Crippen molar-refractivity contribution in [3.05, 3.63) is 47.8 Å². The molecule has 0 unspecified atom stereocenters. The summed E-state index contributed by atoms with van der Waals surface area (Å²) in [6.07, 6.45) is 0.146. The number of benzene rings is 2. The Morgan fingerprint density at radius 1 is 1.38 bits per heavy atom. The molecular weight excluding hydrogens is 331 g/mol. The van der Waals surface area contributed by atoms with Crippen LogP contribution in [0.5, 0.6) is 0 Å².